The van der Waals surface area contributed by atoms with Crippen molar-refractivity contribution in [2.75, 3.05) is 35.7 Å². The molecule has 1 atom stereocenters. The molecule has 268 valence electrons. The van der Waals surface area contributed by atoms with Crippen molar-refractivity contribution in [1.29, 1.82) is 0 Å². The van der Waals surface area contributed by atoms with Crippen LogP contribution in [0.15, 0.2) is 67.0 Å². The summed E-state index contributed by atoms with van der Waals surface area (Å²) in [5.74, 6) is -1.15. The van der Waals surface area contributed by atoms with Crippen LogP contribution in [0.25, 0.3) is 21.8 Å². The van der Waals surface area contributed by atoms with Gasteiger partial charge in [-0.15, -0.1) is 5.06 Å². The molecule has 0 radical (unpaired) electrons. The minimum Gasteiger partial charge on any atom is -0.451 e. The van der Waals surface area contributed by atoms with Gasteiger partial charge in [-0.05, 0) is 73.6 Å². The Morgan fingerprint density at radius 3 is 2.35 bits per heavy atom. The van der Waals surface area contributed by atoms with Crippen molar-refractivity contribution in [3.05, 3.63) is 78.1 Å². The molecule has 2 fully saturated rings. The summed E-state index contributed by atoms with van der Waals surface area (Å²) in [4.78, 5) is 66.3. The van der Waals surface area contributed by atoms with Crippen LogP contribution in [0.3, 0.4) is 0 Å². The van der Waals surface area contributed by atoms with E-state index in [-0.39, 0.29) is 24.9 Å². The van der Waals surface area contributed by atoms with Crippen molar-refractivity contribution in [3.63, 3.8) is 0 Å². The van der Waals surface area contributed by atoms with E-state index in [1.807, 2.05) is 18.2 Å². The van der Waals surface area contributed by atoms with Gasteiger partial charge in [0.15, 0.2) is 0 Å². The van der Waals surface area contributed by atoms with E-state index < -0.39 is 24.0 Å². The van der Waals surface area contributed by atoms with Crippen molar-refractivity contribution in [3.8, 4) is 0 Å². The average molecular weight is 708 g/mol. The molecule has 2 aromatic heterocycles. The largest absolute Gasteiger partial charge is 0.451 e. The first kappa shape index (κ1) is 34.0. The summed E-state index contributed by atoms with van der Waals surface area (Å²) in [5, 5.41) is 21.3. The Hall–Kier alpha value is -6.45. The number of amides is 5. The Bertz CT molecular complexity index is 2160. The Balaban J connectivity index is 0.000000164. The minimum atomic E-state index is -1.00. The van der Waals surface area contributed by atoms with Gasteiger partial charge in [-0.3, -0.25) is 20.0 Å². The Morgan fingerprint density at radius 2 is 1.58 bits per heavy atom. The fraction of sp³-hybridized carbons (Fsp3) is 0.306. The molecule has 0 bridgehead atoms. The van der Waals surface area contributed by atoms with Crippen molar-refractivity contribution in [2.45, 2.75) is 51.0 Å². The summed E-state index contributed by atoms with van der Waals surface area (Å²) in [5.41, 5.74) is 6.43. The molecule has 5 aromatic rings. The highest BCUT2D eigenvalue weighted by atomic mass is 16.7. The molecule has 16 heteroatoms. The molecule has 0 spiro atoms. The van der Waals surface area contributed by atoms with E-state index >= 15 is 0 Å². The predicted octanol–water partition coefficient (Wildman–Crippen LogP) is 5.63. The number of rotatable bonds is 5. The summed E-state index contributed by atoms with van der Waals surface area (Å²) >= 11 is 0. The number of nitrogens with one attached hydrogen (secondary N) is 4. The molecule has 8 rings (SSSR count). The second kappa shape index (κ2) is 14.8. The van der Waals surface area contributed by atoms with E-state index in [4.69, 9.17) is 4.84 Å². The molecule has 4 heterocycles. The number of H-pyrrole nitrogens is 1. The number of methoxy groups -OCH3 is 1. The molecular weight excluding hydrogens is 670 g/mol. The number of fused-ring (bicyclic) bond motifs is 3. The highest BCUT2D eigenvalue weighted by Gasteiger charge is 2.33. The van der Waals surface area contributed by atoms with Crippen LogP contribution >= 0.6 is 0 Å². The molecule has 2 aliphatic heterocycles. The number of carbonyl (C=O) groups excluding carboxylic acids is 5. The molecular formula is C36H37N9O7. The highest BCUT2D eigenvalue weighted by Crippen LogP contribution is 2.38. The Kier molecular flexibility index (Phi) is 9.68. The summed E-state index contributed by atoms with van der Waals surface area (Å²) in [6.45, 7) is 2.29. The lowest BCUT2D eigenvalue weighted by atomic mass is 10.0. The summed E-state index contributed by atoms with van der Waals surface area (Å²) in [6.07, 6.45) is 7.28. The fourth-order valence-corrected chi connectivity index (χ4v) is 6.88. The zero-order chi connectivity index (χ0) is 36.2. The van der Waals surface area contributed by atoms with Gasteiger partial charge >= 0.3 is 18.2 Å². The number of ether oxygens (including phenoxy) is 1. The standard InChI is InChI=1S/C22H25N5O.C14H12N4O6/c28-22(24-18-7-5-8-20-17(18)14-23-26-20)25-19-11-10-16-15(19)6-4-9-21(16)27-12-2-1-3-13-27;1-23-14(22)17-10-4-2-3-9(8(10)7-15-17)16-13(21)24-18-11(19)5-6-12(18)20/h4-9,14,19H,1-3,10-13H2,(H,23,26)(H2,24,25,28);2-4,7H,5-6H2,1H3,(H,16,21). The van der Waals surface area contributed by atoms with Crippen molar-refractivity contribution >= 4 is 68.9 Å². The summed E-state index contributed by atoms with van der Waals surface area (Å²) < 4.78 is 5.63. The van der Waals surface area contributed by atoms with Gasteiger partial charge in [-0.1, -0.05) is 24.3 Å². The van der Waals surface area contributed by atoms with E-state index in [1.165, 1.54) is 49.4 Å². The van der Waals surface area contributed by atoms with Crippen LogP contribution in [0.4, 0.5) is 31.4 Å². The average Bonchev–Trinajstić information content (AvgIpc) is 3.97. The van der Waals surface area contributed by atoms with Crippen molar-refractivity contribution < 1.29 is 33.5 Å². The zero-order valence-electron chi connectivity index (χ0n) is 28.4. The maximum absolute atomic E-state index is 12.7. The molecule has 3 aliphatic rings. The molecule has 16 nitrogen and oxygen atoms in total. The first-order valence-corrected chi connectivity index (χ1v) is 17.1. The monoisotopic (exact) mass is 707 g/mol. The lowest BCUT2D eigenvalue weighted by molar-refractivity contribution is -0.170. The number of aromatic amines is 1. The first-order valence-electron chi connectivity index (χ1n) is 17.1. The summed E-state index contributed by atoms with van der Waals surface area (Å²) in [7, 11) is 1.22. The van der Waals surface area contributed by atoms with Crippen molar-refractivity contribution in [2.24, 2.45) is 0 Å². The number of nitrogens with zero attached hydrogens (tertiary/aromatic N) is 5. The maximum Gasteiger partial charge on any atom is 0.436 e. The van der Waals surface area contributed by atoms with Gasteiger partial charge in [-0.2, -0.15) is 14.9 Å². The molecule has 4 N–H and O–H groups in total. The number of hydrogen-bond acceptors (Lipinski definition) is 10. The number of imide groups is 1. The van der Waals surface area contributed by atoms with E-state index in [1.54, 1.807) is 24.4 Å². The third-order valence-corrected chi connectivity index (χ3v) is 9.36. The number of benzene rings is 3. The fourth-order valence-electron chi connectivity index (χ4n) is 6.88. The van der Waals surface area contributed by atoms with Gasteiger partial charge in [0, 0.05) is 42.4 Å². The number of aromatic nitrogens is 4. The van der Waals surface area contributed by atoms with Crippen LogP contribution in [0.2, 0.25) is 0 Å². The third kappa shape index (κ3) is 6.95. The van der Waals surface area contributed by atoms with Gasteiger partial charge in [0.1, 0.15) is 0 Å². The van der Waals surface area contributed by atoms with Gasteiger partial charge in [0.05, 0.1) is 48.0 Å². The number of urea groups is 1. The first-order chi connectivity index (χ1) is 25.3. The summed E-state index contributed by atoms with van der Waals surface area (Å²) in [6, 6.07) is 16.9. The van der Waals surface area contributed by atoms with Gasteiger partial charge in [-0.25, -0.2) is 14.4 Å². The van der Waals surface area contributed by atoms with Gasteiger partial charge in [0.2, 0.25) is 0 Å². The van der Waals surface area contributed by atoms with E-state index in [9.17, 15) is 24.0 Å². The minimum absolute atomic E-state index is 0.00754. The van der Waals surface area contributed by atoms with Crippen LogP contribution in [0, 0.1) is 0 Å². The van der Waals surface area contributed by atoms with E-state index in [0.29, 0.717) is 21.7 Å². The molecule has 3 aromatic carbocycles. The van der Waals surface area contributed by atoms with E-state index in [0.717, 1.165) is 47.2 Å². The molecule has 1 aliphatic carbocycles. The van der Waals surface area contributed by atoms with Gasteiger partial charge in [0.25, 0.3) is 11.8 Å². The number of piperidine rings is 1. The van der Waals surface area contributed by atoms with Crippen LogP contribution in [-0.4, -0.2) is 75.3 Å². The second-order valence-electron chi connectivity index (χ2n) is 12.6. The molecule has 5 amide bonds. The number of hydroxylamine groups is 2. The Morgan fingerprint density at radius 1 is 0.846 bits per heavy atom. The number of carbonyl (C=O) groups is 5. The SMILES string of the molecule is COC(=O)n1ncc2c(NC(=O)ON3C(=O)CCC3=O)cccc21.O=C(Nc1cccc2[nH]ncc12)NC1CCc2c1cccc2N1CCCCC1. The Labute approximate surface area is 297 Å². The highest BCUT2D eigenvalue weighted by molar-refractivity contribution is 6.04. The predicted molar refractivity (Wildman–Crippen MR) is 191 cm³/mol. The quantitative estimate of drug-likeness (QED) is 0.167. The molecule has 0 saturated carbocycles. The normalized spacial score (nSPS) is 16.7. The van der Waals surface area contributed by atoms with Gasteiger partial charge < -0.3 is 25.1 Å². The van der Waals surface area contributed by atoms with Crippen molar-refractivity contribution in [1.82, 2.24) is 30.4 Å². The smallest absolute Gasteiger partial charge is 0.436 e. The maximum atomic E-state index is 12.7. The zero-order valence-corrected chi connectivity index (χ0v) is 28.4. The number of anilines is 3. The van der Waals surface area contributed by atoms with Crippen LogP contribution < -0.4 is 20.9 Å². The van der Waals surface area contributed by atoms with Crippen LogP contribution in [-0.2, 0) is 25.6 Å². The van der Waals surface area contributed by atoms with Crippen LogP contribution in [0.1, 0.15) is 55.7 Å². The topological polar surface area (TPSA) is 193 Å². The lowest BCUT2D eigenvalue weighted by Crippen LogP contribution is -2.33. The lowest BCUT2D eigenvalue weighted by Gasteiger charge is -2.30. The molecule has 2 saturated heterocycles. The number of hydrogen-bond donors (Lipinski definition) is 4. The van der Waals surface area contributed by atoms with E-state index in [2.05, 4.69) is 59.1 Å². The second-order valence-corrected chi connectivity index (χ2v) is 12.6. The third-order valence-electron chi connectivity index (χ3n) is 9.36. The molecule has 1 unspecified atom stereocenters. The van der Waals surface area contributed by atoms with Crippen LogP contribution in [0.5, 0.6) is 0 Å². The molecule has 52 heavy (non-hydrogen) atoms.